The average molecular weight is 212 g/mol. The first-order valence-corrected chi connectivity index (χ1v) is 4.68. The molecule has 2 saturated heterocycles. The number of aliphatic hydroxyl groups excluding tert-OH is 1. The van der Waals surface area contributed by atoms with Gasteiger partial charge in [0.25, 0.3) is 0 Å². The Labute approximate surface area is 84.1 Å². The molecule has 0 radical (unpaired) electrons. The van der Waals surface area contributed by atoms with E-state index < -0.39 is 41.4 Å². The van der Waals surface area contributed by atoms with E-state index in [9.17, 15) is 19.5 Å². The number of rotatable bonds is 0. The van der Waals surface area contributed by atoms with E-state index in [1.165, 1.54) is 0 Å². The third-order valence-electron chi connectivity index (χ3n) is 3.58. The van der Waals surface area contributed by atoms with Crippen LogP contribution in [0.25, 0.3) is 0 Å². The lowest BCUT2D eigenvalue weighted by atomic mass is 9.53. The van der Waals surface area contributed by atoms with Crippen LogP contribution in [-0.2, 0) is 23.9 Å². The topological polar surface area (TPSA) is 89.9 Å². The zero-order valence-electron chi connectivity index (χ0n) is 7.63. The molecule has 0 bridgehead atoms. The molecule has 6 heteroatoms. The van der Waals surface area contributed by atoms with Crippen LogP contribution in [0.15, 0.2) is 0 Å². The molecule has 80 valence electrons. The van der Waals surface area contributed by atoms with E-state index in [1.54, 1.807) is 0 Å². The molecule has 2 aliphatic heterocycles. The highest BCUT2D eigenvalue weighted by Gasteiger charge is 2.72. The number of esters is 3. The van der Waals surface area contributed by atoms with Gasteiger partial charge in [0.2, 0.25) is 6.29 Å². The van der Waals surface area contributed by atoms with E-state index in [-0.39, 0.29) is 12.8 Å². The summed E-state index contributed by atoms with van der Waals surface area (Å²) < 4.78 is 9.07. The van der Waals surface area contributed by atoms with Crippen molar-refractivity contribution in [2.45, 2.75) is 19.1 Å². The molecule has 3 aliphatic rings. The Morgan fingerprint density at radius 3 is 2.60 bits per heavy atom. The normalized spacial score (nSPS) is 47.5. The second-order valence-corrected chi connectivity index (χ2v) is 4.26. The maximum atomic E-state index is 11.5. The fraction of sp³-hybridized carbons (Fsp3) is 0.667. The molecule has 1 saturated carbocycles. The SMILES string of the molecule is O=C1CC2(CC3C(=O)OC(O)C32)C(=O)O1. The average Bonchev–Trinajstić information content (AvgIpc) is 2.48. The van der Waals surface area contributed by atoms with E-state index >= 15 is 0 Å². The molecule has 2 heterocycles. The maximum absolute atomic E-state index is 11.5. The van der Waals surface area contributed by atoms with Gasteiger partial charge in [0, 0.05) is 0 Å². The minimum atomic E-state index is -1.28. The van der Waals surface area contributed by atoms with Gasteiger partial charge < -0.3 is 14.6 Å². The zero-order chi connectivity index (χ0) is 10.8. The summed E-state index contributed by atoms with van der Waals surface area (Å²) in [6.45, 7) is 0. The molecular weight excluding hydrogens is 204 g/mol. The van der Waals surface area contributed by atoms with Crippen LogP contribution in [0.4, 0.5) is 0 Å². The molecule has 1 spiro atoms. The summed E-state index contributed by atoms with van der Waals surface area (Å²) in [7, 11) is 0. The first-order chi connectivity index (χ1) is 7.04. The molecule has 15 heavy (non-hydrogen) atoms. The van der Waals surface area contributed by atoms with Gasteiger partial charge in [-0.05, 0) is 6.42 Å². The predicted molar refractivity (Wildman–Crippen MR) is 41.8 cm³/mol. The Bertz CT molecular complexity index is 388. The zero-order valence-corrected chi connectivity index (χ0v) is 7.63. The van der Waals surface area contributed by atoms with Crippen molar-refractivity contribution in [3.8, 4) is 0 Å². The van der Waals surface area contributed by atoms with Crippen molar-refractivity contribution in [1.29, 1.82) is 0 Å². The van der Waals surface area contributed by atoms with Gasteiger partial charge in [0.1, 0.15) is 0 Å². The Morgan fingerprint density at radius 1 is 1.33 bits per heavy atom. The van der Waals surface area contributed by atoms with E-state index in [0.717, 1.165) is 0 Å². The summed E-state index contributed by atoms with van der Waals surface area (Å²) in [5, 5.41) is 9.46. The van der Waals surface area contributed by atoms with Gasteiger partial charge in [0.15, 0.2) is 0 Å². The lowest BCUT2D eigenvalue weighted by Gasteiger charge is -2.43. The number of hydrogen-bond acceptors (Lipinski definition) is 6. The second kappa shape index (κ2) is 2.38. The predicted octanol–water partition coefficient (Wildman–Crippen LogP) is -1.04. The van der Waals surface area contributed by atoms with Crippen LogP contribution in [0, 0.1) is 17.3 Å². The van der Waals surface area contributed by atoms with Crippen LogP contribution in [0.3, 0.4) is 0 Å². The third kappa shape index (κ3) is 0.853. The van der Waals surface area contributed by atoms with Crippen molar-refractivity contribution >= 4 is 17.9 Å². The summed E-state index contributed by atoms with van der Waals surface area (Å²) in [5.74, 6) is -2.79. The summed E-state index contributed by atoms with van der Waals surface area (Å²) in [6, 6.07) is 0. The molecule has 6 nitrogen and oxygen atoms in total. The van der Waals surface area contributed by atoms with Gasteiger partial charge >= 0.3 is 17.9 Å². The Hall–Kier alpha value is -1.43. The lowest BCUT2D eigenvalue weighted by molar-refractivity contribution is -0.173. The molecule has 0 amide bonds. The highest BCUT2D eigenvalue weighted by molar-refractivity contribution is 6.00. The summed E-state index contributed by atoms with van der Waals surface area (Å²) in [4.78, 5) is 33.6. The highest BCUT2D eigenvalue weighted by Crippen LogP contribution is 2.61. The molecule has 3 fully saturated rings. The van der Waals surface area contributed by atoms with Gasteiger partial charge in [-0.2, -0.15) is 0 Å². The maximum Gasteiger partial charge on any atom is 0.320 e. The van der Waals surface area contributed by atoms with Crippen LogP contribution in [0.1, 0.15) is 12.8 Å². The van der Waals surface area contributed by atoms with E-state index in [1.807, 2.05) is 0 Å². The third-order valence-corrected chi connectivity index (χ3v) is 3.58. The molecule has 0 aromatic heterocycles. The monoisotopic (exact) mass is 212 g/mol. The van der Waals surface area contributed by atoms with Crippen LogP contribution in [-0.4, -0.2) is 29.3 Å². The van der Waals surface area contributed by atoms with E-state index in [2.05, 4.69) is 9.47 Å². The van der Waals surface area contributed by atoms with Crippen molar-refractivity contribution in [3.63, 3.8) is 0 Å². The number of cyclic esters (lactones) is 3. The minimum absolute atomic E-state index is 0.0549. The molecular formula is C9H8O6. The molecule has 1 N–H and O–H groups in total. The van der Waals surface area contributed by atoms with Crippen molar-refractivity contribution in [1.82, 2.24) is 0 Å². The van der Waals surface area contributed by atoms with Crippen molar-refractivity contribution < 1.29 is 29.0 Å². The largest absolute Gasteiger partial charge is 0.435 e. The number of carbonyl (C=O) groups is 3. The first kappa shape index (κ1) is 8.84. The van der Waals surface area contributed by atoms with E-state index in [4.69, 9.17) is 0 Å². The Balaban J connectivity index is 1.95. The highest BCUT2D eigenvalue weighted by atomic mass is 16.6. The Kier molecular flexibility index (Phi) is 1.41. The first-order valence-electron chi connectivity index (χ1n) is 4.68. The minimum Gasteiger partial charge on any atom is -0.435 e. The van der Waals surface area contributed by atoms with Gasteiger partial charge in [0.05, 0.1) is 23.7 Å². The molecule has 4 atom stereocenters. The fourth-order valence-corrected chi connectivity index (χ4v) is 2.84. The number of ether oxygens (including phenoxy) is 2. The van der Waals surface area contributed by atoms with Gasteiger partial charge in [-0.15, -0.1) is 0 Å². The fourth-order valence-electron chi connectivity index (χ4n) is 2.84. The molecule has 1 aliphatic carbocycles. The van der Waals surface area contributed by atoms with Crippen molar-refractivity contribution in [2.24, 2.45) is 17.3 Å². The van der Waals surface area contributed by atoms with Crippen LogP contribution >= 0.6 is 0 Å². The standard InChI is InChI=1S/C9H8O6/c10-4-2-9(8(13)14-4)1-3-5(9)7(12)15-6(3)11/h3,5,7,12H,1-2H2. The Morgan fingerprint density at radius 2 is 2.07 bits per heavy atom. The number of carbonyl (C=O) groups excluding carboxylic acids is 3. The number of hydrogen-bond donors (Lipinski definition) is 1. The number of aliphatic hydroxyl groups is 1. The lowest BCUT2D eigenvalue weighted by Crippen LogP contribution is -2.53. The van der Waals surface area contributed by atoms with Gasteiger partial charge in [-0.25, -0.2) is 0 Å². The van der Waals surface area contributed by atoms with E-state index in [0.29, 0.717) is 0 Å². The molecule has 4 unspecified atom stereocenters. The molecule has 0 aromatic carbocycles. The van der Waals surface area contributed by atoms with Gasteiger partial charge in [-0.3, -0.25) is 14.4 Å². The molecule has 0 aromatic rings. The van der Waals surface area contributed by atoms with Crippen molar-refractivity contribution in [2.75, 3.05) is 0 Å². The summed E-state index contributed by atoms with van der Waals surface area (Å²) in [5.41, 5.74) is -1.01. The van der Waals surface area contributed by atoms with Gasteiger partial charge in [-0.1, -0.05) is 0 Å². The van der Waals surface area contributed by atoms with Crippen LogP contribution < -0.4 is 0 Å². The smallest absolute Gasteiger partial charge is 0.320 e. The van der Waals surface area contributed by atoms with Crippen molar-refractivity contribution in [3.05, 3.63) is 0 Å². The quantitative estimate of drug-likeness (QED) is 0.407. The summed E-state index contributed by atoms with van der Waals surface area (Å²) >= 11 is 0. The summed E-state index contributed by atoms with van der Waals surface area (Å²) in [6.07, 6.45) is -1.09. The number of fused-ring (bicyclic) bond motifs is 2. The second-order valence-electron chi connectivity index (χ2n) is 4.26. The van der Waals surface area contributed by atoms with Crippen LogP contribution in [0.2, 0.25) is 0 Å². The molecule has 3 rings (SSSR count). The van der Waals surface area contributed by atoms with Crippen LogP contribution in [0.5, 0.6) is 0 Å².